The van der Waals surface area contributed by atoms with Crippen LogP contribution in [0, 0.1) is 5.92 Å². The fourth-order valence-electron chi connectivity index (χ4n) is 4.42. The number of hydrogen-bond donors (Lipinski definition) is 2. The molecular formula is C23H27N3O2S. The number of amides is 2. The smallest absolute Gasteiger partial charge is 0.223 e. The SMILES string of the molecule is CCc1cccc2c(C(CC(=O)N3CCC(C(N)=O)CC3)c3ccsc3)c[nH]c12. The summed E-state index contributed by atoms with van der Waals surface area (Å²) < 4.78 is 0. The van der Waals surface area contributed by atoms with Gasteiger partial charge in [0.15, 0.2) is 0 Å². The molecule has 1 aliphatic heterocycles. The molecule has 1 fully saturated rings. The molecule has 0 bridgehead atoms. The Bertz CT molecular complexity index is 1000. The monoisotopic (exact) mass is 409 g/mol. The van der Waals surface area contributed by atoms with Crippen LogP contribution in [0.3, 0.4) is 0 Å². The molecule has 1 unspecified atom stereocenters. The van der Waals surface area contributed by atoms with Crippen LogP contribution in [0.2, 0.25) is 0 Å². The lowest BCUT2D eigenvalue weighted by Gasteiger charge is -2.31. The van der Waals surface area contributed by atoms with Crippen molar-refractivity contribution in [1.82, 2.24) is 9.88 Å². The summed E-state index contributed by atoms with van der Waals surface area (Å²) in [5.41, 5.74) is 10.2. The molecule has 29 heavy (non-hydrogen) atoms. The molecule has 2 amide bonds. The Kier molecular flexibility index (Phi) is 5.72. The average Bonchev–Trinajstić information content (AvgIpc) is 3.42. The van der Waals surface area contributed by atoms with Crippen LogP contribution in [0.25, 0.3) is 10.9 Å². The summed E-state index contributed by atoms with van der Waals surface area (Å²) in [5.74, 6) is -0.194. The lowest BCUT2D eigenvalue weighted by molar-refractivity contribution is -0.135. The second-order valence-electron chi connectivity index (χ2n) is 7.81. The predicted octanol–water partition coefficient (Wildman–Crippen LogP) is 4.04. The minimum Gasteiger partial charge on any atom is -0.369 e. The Balaban J connectivity index is 1.60. The Hall–Kier alpha value is -2.60. The number of fused-ring (bicyclic) bond motifs is 1. The molecule has 0 saturated carbocycles. The molecule has 4 rings (SSSR count). The van der Waals surface area contributed by atoms with E-state index in [0.717, 1.165) is 6.42 Å². The van der Waals surface area contributed by atoms with E-state index in [-0.39, 0.29) is 23.7 Å². The third kappa shape index (κ3) is 3.94. The quantitative estimate of drug-likeness (QED) is 0.644. The summed E-state index contributed by atoms with van der Waals surface area (Å²) in [6.45, 7) is 3.37. The zero-order valence-corrected chi connectivity index (χ0v) is 17.5. The fourth-order valence-corrected chi connectivity index (χ4v) is 5.13. The van der Waals surface area contributed by atoms with E-state index in [0.29, 0.717) is 32.4 Å². The van der Waals surface area contributed by atoms with Crippen molar-refractivity contribution in [2.24, 2.45) is 11.7 Å². The molecule has 152 valence electrons. The Labute approximate surface area is 174 Å². The molecule has 0 spiro atoms. The number of nitrogens with two attached hydrogens (primary N) is 1. The van der Waals surface area contributed by atoms with Crippen LogP contribution in [0.5, 0.6) is 0 Å². The lowest BCUT2D eigenvalue weighted by atomic mass is 9.88. The zero-order valence-electron chi connectivity index (χ0n) is 16.7. The van der Waals surface area contributed by atoms with Crippen molar-refractivity contribution in [3.8, 4) is 0 Å². The summed E-state index contributed by atoms with van der Waals surface area (Å²) in [6.07, 6.45) is 4.79. The van der Waals surface area contributed by atoms with Gasteiger partial charge < -0.3 is 15.6 Å². The van der Waals surface area contributed by atoms with Gasteiger partial charge in [-0.15, -0.1) is 0 Å². The molecule has 0 aliphatic carbocycles. The summed E-state index contributed by atoms with van der Waals surface area (Å²) in [7, 11) is 0. The minimum atomic E-state index is -0.251. The number of H-pyrrole nitrogens is 1. The maximum atomic E-state index is 13.1. The molecule has 1 atom stereocenters. The highest BCUT2D eigenvalue weighted by Gasteiger charge is 2.29. The maximum absolute atomic E-state index is 13.1. The van der Waals surface area contributed by atoms with Gasteiger partial charge in [-0.05, 0) is 52.8 Å². The number of carbonyl (C=O) groups excluding carboxylic acids is 2. The van der Waals surface area contributed by atoms with Crippen LogP contribution in [-0.4, -0.2) is 34.8 Å². The number of nitrogens with one attached hydrogen (secondary N) is 1. The van der Waals surface area contributed by atoms with Gasteiger partial charge in [0.25, 0.3) is 0 Å². The zero-order chi connectivity index (χ0) is 20.4. The number of hydrogen-bond acceptors (Lipinski definition) is 3. The molecule has 3 heterocycles. The Morgan fingerprint density at radius 1 is 1.28 bits per heavy atom. The number of primary amides is 1. The van der Waals surface area contributed by atoms with E-state index in [2.05, 4.69) is 53.1 Å². The first-order valence-corrected chi connectivity index (χ1v) is 11.2. The number of carbonyl (C=O) groups is 2. The topological polar surface area (TPSA) is 79.2 Å². The van der Waals surface area contributed by atoms with Gasteiger partial charge in [-0.2, -0.15) is 11.3 Å². The van der Waals surface area contributed by atoms with Crippen molar-refractivity contribution in [3.05, 3.63) is 57.9 Å². The van der Waals surface area contributed by atoms with E-state index >= 15 is 0 Å². The lowest BCUT2D eigenvalue weighted by Crippen LogP contribution is -2.42. The summed E-state index contributed by atoms with van der Waals surface area (Å²) in [4.78, 5) is 29.9. The molecule has 3 N–H and O–H groups in total. The summed E-state index contributed by atoms with van der Waals surface area (Å²) >= 11 is 1.66. The number of thiophene rings is 1. The van der Waals surface area contributed by atoms with Crippen LogP contribution in [0.1, 0.15) is 48.8 Å². The number of benzene rings is 1. The van der Waals surface area contributed by atoms with E-state index in [9.17, 15) is 9.59 Å². The number of aryl methyl sites for hydroxylation is 1. The van der Waals surface area contributed by atoms with Crippen molar-refractivity contribution in [1.29, 1.82) is 0 Å². The highest BCUT2D eigenvalue weighted by molar-refractivity contribution is 7.08. The van der Waals surface area contributed by atoms with Crippen molar-refractivity contribution in [2.45, 2.75) is 38.5 Å². The van der Waals surface area contributed by atoms with Crippen molar-refractivity contribution < 1.29 is 9.59 Å². The van der Waals surface area contributed by atoms with E-state index in [4.69, 9.17) is 5.73 Å². The second-order valence-corrected chi connectivity index (χ2v) is 8.59. The van der Waals surface area contributed by atoms with Gasteiger partial charge in [0.05, 0.1) is 0 Å². The summed E-state index contributed by atoms with van der Waals surface area (Å²) in [5, 5.41) is 5.40. The first-order chi connectivity index (χ1) is 14.1. The highest BCUT2D eigenvalue weighted by atomic mass is 32.1. The van der Waals surface area contributed by atoms with Crippen LogP contribution < -0.4 is 5.73 Å². The van der Waals surface area contributed by atoms with E-state index < -0.39 is 0 Å². The van der Waals surface area contributed by atoms with Gasteiger partial charge in [0.2, 0.25) is 11.8 Å². The molecule has 1 saturated heterocycles. The number of rotatable bonds is 6. The molecule has 0 radical (unpaired) electrons. The predicted molar refractivity (Wildman–Crippen MR) is 117 cm³/mol. The minimum absolute atomic E-state index is 0.0171. The van der Waals surface area contributed by atoms with Crippen molar-refractivity contribution in [3.63, 3.8) is 0 Å². The first-order valence-electron chi connectivity index (χ1n) is 10.3. The normalized spacial score (nSPS) is 16.2. The number of aromatic nitrogens is 1. The van der Waals surface area contributed by atoms with Crippen LogP contribution in [0.4, 0.5) is 0 Å². The van der Waals surface area contributed by atoms with Crippen molar-refractivity contribution in [2.75, 3.05) is 13.1 Å². The number of para-hydroxylation sites is 1. The molecule has 1 aromatic carbocycles. The number of aromatic amines is 1. The third-order valence-electron chi connectivity index (χ3n) is 6.16. The Morgan fingerprint density at radius 2 is 2.07 bits per heavy atom. The van der Waals surface area contributed by atoms with Crippen LogP contribution >= 0.6 is 11.3 Å². The molecule has 5 nitrogen and oxygen atoms in total. The van der Waals surface area contributed by atoms with E-state index in [1.165, 1.54) is 27.6 Å². The second kappa shape index (κ2) is 8.41. The first kappa shape index (κ1) is 19.7. The molecular weight excluding hydrogens is 382 g/mol. The maximum Gasteiger partial charge on any atom is 0.223 e. The van der Waals surface area contributed by atoms with Gasteiger partial charge in [-0.1, -0.05) is 25.1 Å². The van der Waals surface area contributed by atoms with Gasteiger partial charge in [-0.25, -0.2) is 0 Å². The molecule has 6 heteroatoms. The fraction of sp³-hybridized carbons (Fsp3) is 0.391. The van der Waals surface area contributed by atoms with Crippen molar-refractivity contribution >= 4 is 34.1 Å². The highest BCUT2D eigenvalue weighted by Crippen LogP contribution is 2.36. The molecule has 2 aromatic heterocycles. The third-order valence-corrected chi connectivity index (χ3v) is 6.87. The Morgan fingerprint density at radius 3 is 2.72 bits per heavy atom. The van der Waals surface area contributed by atoms with E-state index in [1.54, 1.807) is 11.3 Å². The molecule has 3 aromatic rings. The van der Waals surface area contributed by atoms with Gasteiger partial charge in [0, 0.05) is 48.4 Å². The molecule has 1 aliphatic rings. The van der Waals surface area contributed by atoms with Gasteiger partial charge in [-0.3, -0.25) is 9.59 Å². The van der Waals surface area contributed by atoms with Gasteiger partial charge in [0.1, 0.15) is 0 Å². The van der Waals surface area contributed by atoms with E-state index in [1.807, 2.05) is 4.90 Å². The number of likely N-dealkylation sites (tertiary alicyclic amines) is 1. The number of piperidine rings is 1. The number of nitrogens with zero attached hydrogens (tertiary/aromatic N) is 1. The van der Waals surface area contributed by atoms with Gasteiger partial charge >= 0.3 is 0 Å². The van der Waals surface area contributed by atoms with Crippen LogP contribution in [0.15, 0.2) is 41.2 Å². The standard InChI is InChI=1S/C23H27N3O2S/c1-2-15-4-3-5-18-20(13-25-22(15)18)19(17-8-11-29-14-17)12-21(27)26-9-6-16(7-10-26)23(24)28/h3-5,8,11,13-14,16,19,25H,2,6-7,9-10,12H2,1H3,(H2,24,28). The average molecular weight is 410 g/mol. The summed E-state index contributed by atoms with van der Waals surface area (Å²) in [6, 6.07) is 8.50. The van der Waals surface area contributed by atoms with Crippen LogP contribution in [-0.2, 0) is 16.0 Å². The largest absolute Gasteiger partial charge is 0.369 e.